The first-order chi connectivity index (χ1) is 7.25. The first kappa shape index (κ1) is 9.97. The Morgan fingerprint density at radius 3 is 3.07 bits per heavy atom. The molecule has 0 saturated carbocycles. The number of hydrogen-bond donors (Lipinski definition) is 1. The van der Waals surface area contributed by atoms with Crippen molar-refractivity contribution in [2.24, 2.45) is 20.4 Å². The number of rotatable bonds is 2. The fraction of sp³-hybridized carbons (Fsp3) is 0.111. The maximum absolute atomic E-state index is 9.51. The Morgan fingerprint density at radius 1 is 1.47 bits per heavy atom. The zero-order valence-electron chi connectivity index (χ0n) is 7.58. The number of phenolic OH excluding ortho intramolecular Hbond substituents is 1. The van der Waals surface area contributed by atoms with Crippen LogP contribution in [0.2, 0.25) is 0 Å². The molecule has 1 aromatic rings. The van der Waals surface area contributed by atoms with Crippen LogP contribution in [0.25, 0.3) is 0 Å². The largest absolute Gasteiger partial charge is 0.507 e. The molecule has 1 heterocycles. The fourth-order valence-electron chi connectivity index (χ4n) is 1.06. The minimum absolute atomic E-state index is 0.175. The summed E-state index contributed by atoms with van der Waals surface area (Å²) in [5.41, 5.74) is 0.625. The van der Waals surface area contributed by atoms with Crippen LogP contribution in [-0.2, 0) is 0 Å². The van der Waals surface area contributed by atoms with Gasteiger partial charge in [-0.1, -0.05) is 15.9 Å². The lowest BCUT2D eigenvalue weighted by Crippen LogP contribution is -1.98. The second-order valence-corrected chi connectivity index (χ2v) is 3.78. The van der Waals surface area contributed by atoms with Crippen LogP contribution < -0.4 is 0 Å². The first-order valence-corrected chi connectivity index (χ1v) is 5.00. The molecule has 76 valence electrons. The normalized spacial score (nSPS) is 19.1. The van der Waals surface area contributed by atoms with E-state index >= 15 is 0 Å². The van der Waals surface area contributed by atoms with Gasteiger partial charge in [-0.2, -0.15) is 0 Å². The smallest absolute Gasteiger partial charge is 0.199 e. The summed E-state index contributed by atoms with van der Waals surface area (Å²) in [6.45, 7) is 0. The van der Waals surface area contributed by atoms with Crippen LogP contribution in [0.3, 0.4) is 0 Å². The van der Waals surface area contributed by atoms with Crippen LogP contribution in [-0.4, -0.2) is 23.7 Å². The van der Waals surface area contributed by atoms with Gasteiger partial charge < -0.3 is 5.11 Å². The Hall–Kier alpha value is -1.56. The molecular formula is C9H7BrN4O. The summed E-state index contributed by atoms with van der Waals surface area (Å²) in [7, 11) is 0. The Balaban J connectivity index is 2.19. The summed E-state index contributed by atoms with van der Waals surface area (Å²) in [6, 6.07) is 5.11. The summed E-state index contributed by atoms with van der Waals surface area (Å²) in [4.78, 5) is 4.08. The molecule has 5 nitrogen and oxygen atoms in total. The Labute approximate surface area is 94.4 Å². The van der Waals surface area contributed by atoms with Crippen molar-refractivity contribution in [3.05, 3.63) is 28.2 Å². The van der Waals surface area contributed by atoms with Gasteiger partial charge in [-0.3, -0.25) is 4.99 Å². The van der Waals surface area contributed by atoms with Crippen molar-refractivity contribution in [1.29, 1.82) is 0 Å². The van der Waals surface area contributed by atoms with Gasteiger partial charge >= 0.3 is 0 Å². The maximum Gasteiger partial charge on any atom is 0.199 e. The summed E-state index contributed by atoms with van der Waals surface area (Å²) < 4.78 is 0.878. The summed E-state index contributed by atoms with van der Waals surface area (Å²) in [5.74, 6) is 0.175. The van der Waals surface area contributed by atoms with Crippen molar-refractivity contribution < 1.29 is 5.11 Å². The zero-order chi connectivity index (χ0) is 10.7. The summed E-state index contributed by atoms with van der Waals surface area (Å²) >= 11 is 3.31. The quantitative estimate of drug-likeness (QED) is 0.821. The summed E-state index contributed by atoms with van der Waals surface area (Å²) in [5, 5.41) is 20.2. The van der Waals surface area contributed by atoms with Crippen molar-refractivity contribution in [3.63, 3.8) is 0 Å². The molecular weight excluding hydrogens is 260 g/mol. The van der Waals surface area contributed by atoms with E-state index in [1.54, 1.807) is 24.4 Å². The fourth-order valence-corrected chi connectivity index (χ4v) is 1.43. The zero-order valence-corrected chi connectivity index (χ0v) is 9.16. The second-order valence-electron chi connectivity index (χ2n) is 2.86. The average Bonchev–Trinajstić information content (AvgIpc) is 2.72. The molecule has 0 aliphatic carbocycles. The molecule has 15 heavy (non-hydrogen) atoms. The van der Waals surface area contributed by atoms with Crippen molar-refractivity contribution >= 4 is 28.4 Å². The van der Waals surface area contributed by atoms with Gasteiger partial charge in [0, 0.05) is 16.3 Å². The van der Waals surface area contributed by atoms with Crippen LogP contribution in [0.15, 0.2) is 43.1 Å². The molecule has 2 rings (SSSR count). The number of nitrogens with zero attached hydrogens (tertiary/aromatic N) is 4. The van der Waals surface area contributed by atoms with Gasteiger partial charge in [-0.05, 0) is 23.4 Å². The van der Waals surface area contributed by atoms with E-state index in [0.717, 1.165) is 4.47 Å². The van der Waals surface area contributed by atoms with E-state index in [1.165, 1.54) is 6.21 Å². The molecule has 1 aliphatic heterocycles. The Morgan fingerprint density at radius 2 is 2.33 bits per heavy atom. The monoisotopic (exact) mass is 266 g/mol. The lowest BCUT2D eigenvalue weighted by molar-refractivity contribution is 0.474. The summed E-state index contributed by atoms with van der Waals surface area (Å²) in [6.07, 6.45) is 2.69. The highest BCUT2D eigenvalue weighted by atomic mass is 79.9. The van der Waals surface area contributed by atoms with Crippen molar-refractivity contribution in [3.8, 4) is 5.75 Å². The van der Waals surface area contributed by atoms with Gasteiger partial charge in [-0.25, -0.2) is 0 Å². The molecule has 1 N–H and O–H groups in total. The van der Waals surface area contributed by atoms with Gasteiger partial charge in [0.2, 0.25) is 0 Å². The van der Waals surface area contributed by atoms with E-state index in [2.05, 4.69) is 36.4 Å². The highest BCUT2D eigenvalue weighted by Crippen LogP contribution is 2.20. The predicted molar refractivity (Wildman–Crippen MR) is 60.5 cm³/mol. The molecule has 0 amide bonds. The number of halogens is 1. The van der Waals surface area contributed by atoms with E-state index in [-0.39, 0.29) is 11.9 Å². The second kappa shape index (κ2) is 4.31. The number of phenols is 1. The highest BCUT2D eigenvalue weighted by molar-refractivity contribution is 9.10. The minimum atomic E-state index is -0.372. The van der Waals surface area contributed by atoms with Crippen molar-refractivity contribution in [2.75, 3.05) is 0 Å². The van der Waals surface area contributed by atoms with Crippen LogP contribution in [0.1, 0.15) is 5.56 Å². The van der Waals surface area contributed by atoms with Gasteiger partial charge in [0.1, 0.15) is 5.75 Å². The predicted octanol–water partition coefficient (Wildman–Crippen LogP) is 2.35. The molecule has 0 fully saturated rings. The number of hydrogen-bond acceptors (Lipinski definition) is 5. The third-order valence-corrected chi connectivity index (χ3v) is 2.27. The van der Waals surface area contributed by atoms with E-state index in [1.807, 2.05) is 0 Å². The average molecular weight is 267 g/mol. The van der Waals surface area contributed by atoms with Crippen LogP contribution in [0.5, 0.6) is 5.75 Å². The Bertz CT molecular complexity index is 443. The van der Waals surface area contributed by atoms with Crippen LogP contribution >= 0.6 is 15.9 Å². The van der Waals surface area contributed by atoms with Crippen LogP contribution in [0, 0.1) is 0 Å². The van der Waals surface area contributed by atoms with Gasteiger partial charge in [0.15, 0.2) is 6.17 Å². The molecule has 6 heteroatoms. The molecule has 1 aromatic carbocycles. The van der Waals surface area contributed by atoms with Gasteiger partial charge in [0.25, 0.3) is 0 Å². The molecule has 0 aromatic heterocycles. The first-order valence-electron chi connectivity index (χ1n) is 4.21. The molecule has 1 unspecified atom stereocenters. The molecule has 0 spiro atoms. The van der Waals surface area contributed by atoms with E-state index in [9.17, 15) is 5.11 Å². The lowest BCUT2D eigenvalue weighted by atomic mass is 10.2. The van der Waals surface area contributed by atoms with Crippen LogP contribution in [0.4, 0.5) is 0 Å². The third kappa shape index (κ3) is 2.47. The number of aromatic hydroxyl groups is 1. The molecule has 0 bridgehead atoms. The standard InChI is InChI=1S/C9H7BrN4O/c10-7-1-2-8(15)6(3-7)4-11-9-5-12-14-13-9/h1-5,9,15H/b11-4+. The highest BCUT2D eigenvalue weighted by Gasteiger charge is 2.04. The van der Waals surface area contributed by atoms with E-state index < -0.39 is 0 Å². The van der Waals surface area contributed by atoms with Gasteiger partial charge in [-0.15, -0.1) is 10.2 Å². The number of benzene rings is 1. The number of aliphatic imine (C=N–C) groups is 1. The molecule has 1 atom stereocenters. The SMILES string of the molecule is Oc1ccc(Br)cc1/C=N/C1C=NN=N1. The van der Waals surface area contributed by atoms with E-state index in [0.29, 0.717) is 5.56 Å². The third-order valence-electron chi connectivity index (χ3n) is 1.78. The van der Waals surface area contributed by atoms with Gasteiger partial charge in [0.05, 0.1) is 6.21 Å². The lowest BCUT2D eigenvalue weighted by Gasteiger charge is -1.99. The maximum atomic E-state index is 9.51. The van der Waals surface area contributed by atoms with Crippen molar-refractivity contribution in [1.82, 2.24) is 0 Å². The molecule has 0 saturated heterocycles. The molecule has 0 radical (unpaired) electrons. The molecule has 1 aliphatic rings. The topological polar surface area (TPSA) is 69.7 Å². The van der Waals surface area contributed by atoms with Crippen molar-refractivity contribution in [2.45, 2.75) is 6.17 Å². The van der Waals surface area contributed by atoms with E-state index in [4.69, 9.17) is 0 Å². The minimum Gasteiger partial charge on any atom is -0.507 e. The Kier molecular flexibility index (Phi) is 2.86.